The number of rotatable bonds is 10. The summed E-state index contributed by atoms with van der Waals surface area (Å²) in [6.45, 7) is 7.03. The molecule has 0 spiro atoms. The smallest absolute Gasteiger partial charge is 0.260 e. The van der Waals surface area contributed by atoms with E-state index in [4.69, 9.17) is 0 Å². The minimum Gasteiger partial charge on any atom is -0.316 e. The van der Waals surface area contributed by atoms with Crippen LogP contribution in [0.25, 0.3) is 0 Å². The van der Waals surface area contributed by atoms with Gasteiger partial charge in [0.2, 0.25) is 0 Å². The second-order valence-corrected chi connectivity index (χ2v) is 7.11. The molecule has 1 rings (SSSR count). The van der Waals surface area contributed by atoms with Crippen LogP contribution in [0.2, 0.25) is 0 Å². The largest absolute Gasteiger partial charge is 0.316 e. The summed E-state index contributed by atoms with van der Waals surface area (Å²) in [6.07, 6.45) is 4.30. The topological polar surface area (TPSA) is 86.9 Å². The van der Waals surface area contributed by atoms with Crippen molar-refractivity contribution in [1.29, 1.82) is 0 Å². The molecule has 1 aromatic rings. The molecule has 0 fully saturated rings. The van der Waals surface area contributed by atoms with Crippen molar-refractivity contribution in [2.45, 2.75) is 58.0 Å². The van der Waals surface area contributed by atoms with Crippen LogP contribution in [0.5, 0.6) is 0 Å². The van der Waals surface area contributed by atoms with Crippen molar-refractivity contribution >= 4 is 10.0 Å². The maximum absolute atomic E-state index is 12.4. The van der Waals surface area contributed by atoms with Crippen LogP contribution in [0.15, 0.2) is 5.03 Å². The number of sulfonamides is 1. The van der Waals surface area contributed by atoms with Crippen molar-refractivity contribution in [1.82, 2.24) is 20.2 Å². The Bertz CT molecular complexity index is 525. The Morgan fingerprint density at radius 2 is 2.05 bits per heavy atom. The van der Waals surface area contributed by atoms with E-state index in [-0.39, 0.29) is 5.03 Å². The molecule has 0 saturated heterocycles. The van der Waals surface area contributed by atoms with E-state index in [1.165, 1.54) is 0 Å². The van der Waals surface area contributed by atoms with Gasteiger partial charge < -0.3 is 5.32 Å². The Kier molecular flexibility index (Phi) is 7.34. The van der Waals surface area contributed by atoms with E-state index in [0.717, 1.165) is 31.4 Å². The van der Waals surface area contributed by atoms with Gasteiger partial charge in [-0.25, -0.2) is 13.1 Å². The zero-order valence-electron chi connectivity index (χ0n) is 13.5. The molecular weight excluding hydrogens is 288 g/mol. The fourth-order valence-electron chi connectivity index (χ4n) is 2.28. The van der Waals surface area contributed by atoms with Crippen LogP contribution in [-0.2, 0) is 16.6 Å². The number of H-pyrrole nitrogens is 1. The van der Waals surface area contributed by atoms with E-state index in [2.05, 4.69) is 34.1 Å². The third-order valence-electron chi connectivity index (χ3n) is 3.75. The molecule has 6 nitrogen and oxygen atoms in total. The Labute approximate surface area is 128 Å². The molecule has 3 N–H and O–H groups in total. The zero-order chi connectivity index (χ0) is 15.9. The van der Waals surface area contributed by atoms with E-state index < -0.39 is 10.0 Å². The first-order valence-electron chi connectivity index (χ1n) is 7.64. The summed E-state index contributed by atoms with van der Waals surface area (Å²) in [5.74, 6) is 0.382. The number of aromatic amines is 1. The standard InChI is InChI=1S/C14H28N4O2S/c1-5-7-8-12(6-2)9-16-21(19,20)14-13(10-15-4)11(3)17-18-14/h12,15-16H,5-10H2,1-4H3,(H,17,18). The lowest BCUT2D eigenvalue weighted by molar-refractivity contribution is 0.443. The predicted molar refractivity (Wildman–Crippen MR) is 84.6 cm³/mol. The maximum Gasteiger partial charge on any atom is 0.260 e. The van der Waals surface area contributed by atoms with Gasteiger partial charge in [0.15, 0.2) is 5.03 Å². The number of unbranched alkanes of at least 4 members (excludes halogenated alkanes) is 1. The molecule has 1 atom stereocenters. The molecule has 1 aromatic heterocycles. The van der Waals surface area contributed by atoms with Crippen LogP contribution in [0.4, 0.5) is 0 Å². The number of aryl methyl sites for hydroxylation is 1. The lowest BCUT2D eigenvalue weighted by Crippen LogP contribution is -2.30. The average Bonchev–Trinajstić information content (AvgIpc) is 2.82. The van der Waals surface area contributed by atoms with E-state index in [1.54, 1.807) is 7.05 Å². The van der Waals surface area contributed by atoms with Gasteiger partial charge in [0.05, 0.1) is 0 Å². The highest BCUT2D eigenvalue weighted by molar-refractivity contribution is 7.89. The van der Waals surface area contributed by atoms with Crippen molar-refractivity contribution in [3.63, 3.8) is 0 Å². The lowest BCUT2D eigenvalue weighted by atomic mass is 10.00. The molecule has 0 aliphatic heterocycles. The lowest BCUT2D eigenvalue weighted by Gasteiger charge is -2.15. The first-order chi connectivity index (χ1) is 9.96. The maximum atomic E-state index is 12.4. The van der Waals surface area contributed by atoms with Gasteiger partial charge in [-0.2, -0.15) is 5.10 Å². The van der Waals surface area contributed by atoms with E-state index in [1.807, 2.05) is 6.92 Å². The molecule has 0 aliphatic carbocycles. The van der Waals surface area contributed by atoms with Gasteiger partial charge in [-0.3, -0.25) is 5.10 Å². The molecule has 0 amide bonds. The van der Waals surface area contributed by atoms with Crippen LogP contribution < -0.4 is 10.0 Å². The fraction of sp³-hybridized carbons (Fsp3) is 0.786. The summed E-state index contributed by atoms with van der Waals surface area (Å²) in [5, 5.41) is 9.80. The molecule has 0 aromatic carbocycles. The molecule has 0 aliphatic rings. The van der Waals surface area contributed by atoms with E-state index >= 15 is 0 Å². The summed E-state index contributed by atoms with van der Waals surface area (Å²) < 4.78 is 27.5. The quantitative estimate of drug-likeness (QED) is 0.615. The molecule has 21 heavy (non-hydrogen) atoms. The van der Waals surface area contributed by atoms with Gasteiger partial charge >= 0.3 is 0 Å². The van der Waals surface area contributed by atoms with Crippen molar-refractivity contribution in [3.05, 3.63) is 11.3 Å². The highest BCUT2D eigenvalue weighted by Crippen LogP contribution is 2.17. The summed E-state index contributed by atoms with van der Waals surface area (Å²) in [4.78, 5) is 0. The van der Waals surface area contributed by atoms with Gasteiger partial charge in [0, 0.05) is 24.3 Å². The van der Waals surface area contributed by atoms with Gasteiger partial charge in [-0.1, -0.05) is 33.1 Å². The van der Waals surface area contributed by atoms with E-state index in [9.17, 15) is 8.42 Å². The van der Waals surface area contributed by atoms with Crippen LogP contribution in [0, 0.1) is 12.8 Å². The number of hydrogen-bond acceptors (Lipinski definition) is 4. The molecule has 1 unspecified atom stereocenters. The summed E-state index contributed by atoms with van der Waals surface area (Å²) in [6, 6.07) is 0. The van der Waals surface area contributed by atoms with Crippen LogP contribution in [0.3, 0.4) is 0 Å². The van der Waals surface area contributed by atoms with Crippen molar-refractivity contribution in [2.75, 3.05) is 13.6 Å². The van der Waals surface area contributed by atoms with Gasteiger partial charge in [0.25, 0.3) is 10.0 Å². The fourth-order valence-corrected chi connectivity index (χ4v) is 3.58. The zero-order valence-corrected chi connectivity index (χ0v) is 14.3. The minimum atomic E-state index is -3.55. The number of nitrogens with zero attached hydrogens (tertiary/aromatic N) is 1. The predicted octanol–water partition coefficient (Wildman–Crippen LogP) is 1.93. The van der Waals surface area contributed by atoms with Crippen LogP contribution in [-0.4, -0.2) is 32.2 Å². The number of aromatic nitrogens is 2. The Balaban J connectivity index is 2.77. The third kappa shape index (κ3) is 5.09. The van der Waals surface area contributed by atoms with E-state index in [0.29, 0.717) is 24.6 Å². The first-order valence-corrected chi connectivity index (χ1v) is 9.12. The number of nitrogens with one attached hydrogen (secondary N) is 3. The van der Waals surface area contributed by atoms with Crippen molar-refractivity contribution in [3.8, 4) is 0 Å². The molecule has 0 saturated carbocycles. The molecular formula is C14H28N4O2S. The molecule has 7 heteroatoms. The summed E-state index contributed by atoms with van der Waals surface area (Å²) >= 11 is 0. The Morgan fingerprint density at radius 1 is 1.33 bits per heavy atom. The third-order valence-corrected chi connectivity index (χ3v) is 5.14. The van der Waals surface area contributed by atoms with Crippen molar-refractivity contribution in [2.24, 2.45) is 5.92 Å². The second kappa shape index (κ2) is 8.51. The second-order valence-electron chi connectivity index (χ2n) is 5.43. The normalized spacial score (nSPS) is 13.5. The summed E-state index contributed by atoms with van der Waals surface area (Å²) in [7, 11) is -1.77. The van der Waals surface area contributed by atoms with Crippen LogP contribution >= 0.6 is 0 Å². The number of hydrogen-bond donors (Lipinski definition) is 3. The minimum absolute atomic E-state index is 0.111. The highest BCUT2D eigenvalue weighted by Gasteiger charge is 2.24. The van der Waals surface area contributed by atoms with Gasteiger partial charge in [-0.15, -0.1) is 0 Å². The molecule has 0 radical (unpaired) electrons. The average molecular weight is 316 g/mol. The van der Waals surface area contributed by atoms with Crippen molar-refractivity contribution < 1.29 is 8.42 Å². The first kappa shape index (κ1) is 18.1. The summed E-state index contributed by atoms with van der Waals surface area (Å²) in [5.41, 5.74) is 1.48. The highest BCUT2D eigenvalue weighted by atomic mass is 32.2. The molecule has 0 bridgehead atoms. The molecule has 122 valence electrons. The monoisotopic (exact) mass is 316 g/mol. The van der Waals surface area contributed by atoms with Crippen LogP contribution in [0.1, 0.15) is 50.8 Å². The molecule has 1 heterocycles. The Hall–Kier alpha value is -0.920. The SMILES string of the molecule is CCCCC(CC)CNS(=O)(=O)c1n[nH]c(C)c1CNC. The Morgan fingerprint density at radius 3 is 2.62 bits per heavy atom. The van der Waals surface area contributed by atoms with Gasteiger partial charge in [-0.05, 0) is 26.3 Å². The van der Waals surface area contributed by atoms with Gasteiger partial charge in [0.1, 0.15) is 0 Å².